The number of carbonyl (C=O) groups is 1. The minimum absolute atomic E-state index is 0.233. The molecule has 1 amide bonds. The van der Waals surface area contributed by atoms with E-state index in [0.29, 0.717) is 40.8 Å². The van der Waals surface area contributed by atoms with E-state index in [9.17, 15) is 13.2 Å². The number of sulfonamides is 1. The Bertz CT molecular complexity index is 843. The van der Waals surface area contributed by atoms with Crippen molar-refractivity contribution in [1.82, 2.24) is 5.32 Å². The van der Waals surface area contributed by atoms with Gasteiger partial charge in [-0.3, -0.25) is 9.10 Å². The second-order valence-electron chi connectivity index (χ2n) is 6.59. The van der Waals surface area contributed by atoms with Gasteiger partial charge in [0.2, 0.25) is 0 Å². The van der Waals surface area contributed by atoms with E-state index in [2.05, 4.69) is 5.32 Å². The van der Waals surface area contributed by atoms with Crippen molar-refractivity contribution in [2.75, 3.05) is 32.1 Å². The molecule has 0 fully saturated rings. The molecule has 1 N–H and O–H groups in total. The molecule has 0 radical (unpaired) electrons. The van der Waals surface area contributed by atoms with Gasteiger partial charge in [-0.15, -0.1) is 0 Å². The number of hydrogen-bond donors (Lipinski definition) is 1. The van der Waals surface area contributed by atoms with Gasteiger partial charge < -0.3 is 14.8 Å². The molecule has 0 unspecified atom stereocenters. The number of nitrogens with one attached hydrogen (secondary N) is 1. The smallest absolute Gasteiger partial charge is 0.269 e. The van der Waals surface area contributed by atoms with Crippen molar-refractivity contribution in [3.8, 4) is 11.5 Å². The van der Waals surface area contributed by atoms with Crippen LogP contribution in [0.1, 0.15) is 32.8 Å². The number of carbonyl (C=O) groups excluding carboxylic acids is 1. The van der Waals surface area contributed by atoms with Crippen molar-refractivity contribution in [1.29, 1.82) is 0 Å². The van der Waals surface area contributed by atoms with Crippen LogP contribution in [0.5, 0.6) is 11.5 Å². The maximum absolute atomic E-state index is 12.9. The van der Waals surface area contributed by atoms with Crippen LogP contribution in [0.4, 0.5) is 5.69 Å². The lowest BCUT2D eigenvalue weighted by Crippen LogP contribution is -2.39. The van der Waals surface area contributed by atoms with Crippen LogP contribution >= 0.6 is 0 Å². The van der Waals surface area contributed by atoms with E-state index in [0.717, 1.165) is 10.7 Å². The molecule has 1 heterocycles. The maximum atomic E-state index is 12.9. The molecule has 0 aromatic heterocycles. The van der Waals surface area contributed by atoms with Crippen molar-refractivity contribution in [2.24, 2.45) is 5.92 Å². The first-order chi connectivity index (χ1) is 12.1. The topological polar surface area (TPSA) is 84.9 Å². The predicted octanol–water partition coefficient (Wildman–Crippen LogP) is 2.38. The Morgan fingerprint density at radius 1 is 1.19 bits per heavy atom. The largest absolute Gasteiger partial charge is 0.493 e. The SMILES string of the molecule is COc1cc2c(cc1OC)N(C)S(=O)(=O)C(C(=O)NCCC(C)C)=C2C. The Morgan fingerprint density at radius 2 is 1.77 bits per heavy atom. The van der Waals surface area contributed by atoms with Gasteiger partial charge in [-0.25, -0.2) is 8.42 Å². The zero-order valence-electron chi connectivity index (χ0n) is 16.0. The quantitative estimate of drug-likeness (QED) is 0.816. The number of rotatable bonds is 6. The molecule has 144 valence electrons. The zero-order chi connectivity index (χ0) is 19.6. The summed E-state index contributed by atoms with van der Waals surface area (Å²) in [5.74, 6) is 0.715. The van der Waals surface area contributed by atoms with Crippen molar-refractivity contribution in [2.45, 2.75) is 27.2 Å². The molecule has 1 aromatic carbocycles. The summed E-state index contributed by atoms with van der Waals surface area (Å²) in [7, 11) is 0.460. The highest BCUT2D eigenvalue weighted by Crippen LogP contribution is 2.44. The molecule has 1 aliphatic heterocycles. The second-order valence-corrected chi connectivity index (χ2v) is 8.50. The van der Waals surface area contributed by atoms with Crippen molar-refractivity contribution < 1.29 is 22.7 Å². The molecule has 0 saturated heterocycles. The van der Waals surface area contributed by atoms with Gasteiger partial charge in [-0.1, -0.05) is 13.8 Å². The Labute approximate surface area is 155 Å². The van der Waals surface area contributed by atoms with E-state index >= 15 is 0 Å². The van der Waals surface area contributed by atoms with E-state index < -0.39 is 15.9 Å². The fraction of sp³-hybridized carbons (Fsp3) is 0.500. The number of allylic oxidation sites excluding steroid dienone is 1. The van der Waals surface area contributed by atoms with Gasteiger partial charge in [-0.2, -0.15) is 0 Å². The highest BCUT2D eigenvalue weighted by Gasteiger charge is 2.38. The lowest BCUT2D eigenvalue weighted by Gasteiger charge is -2.30. The minimum atomic E-state index is -3.95. The first-order valence-corrected chi connectivity index (χ1v) is 9.83. The van der Waals surface area contributed by atoms with Crippen LogP contribution in [0.3, 0.4) is 0 Å². The molecule has 7 nitrogen and oxygen atoms in total. The molecule has 8 heteroatoms. The minimum Gasteiger partial charge on any atom is -0.493 e. The highest BCUT2D eigenvalue weighted by molar-refractivity contribution is 7.97. The predicted molar refractivity (Wildman–Crippen MR) is 102 cm³/mol. The molecule has 1 aromatic rings. The van der Waals surface area contributed by atoms with Gasteiger partial charge in [-0.05, 0) is 30.9 Å². The van der Waals surface area contributed by atoms with Crippen LogP contribution in [-0.2, 0) is 14.8 Å². The molecule has 0 aliphatic carbocycles. The Hall–Kier alpha value is -2.22. The second kappa shape index (κ2) is 7.57. The van der Waals surface area contributed by atoms with Crippen LogP contribution in [0.25, 0.3) is 5.57 Å². The average Bonchev–Trinajstić information content (AvgIpc) is 2.58. The summed E-state index contributed by atoms with van der Waals surface area (Å²) in [6, 6.07) is 3.29. The Kier molecular flexibility index (Phi) is 5.85. The summed E-state index contributed by atoms with van der Waals surface area (Å²) in [5.41, 5.74) is 1.45. The van der Waals surface area contributed by atoms with Gasteiger partial charge in [0.1, 0.15) is 0 Å². The van der Waals surface area contributed by atoms with E-state index in [1.807, 2.05) is 13.8 Å². The van der Waals surface area contributed by atoms with E-state index in [-0.39, 0.29) is 4.91 Å². The molecular weight excluding hydrogens is 356 g/mol. The van der Waals surface area contributed by atoms with Gasteiger partial charge in [0, 0.05) is 25.2 Å². The van der Waals surface area contributed by atoms with Crippen molar-refractivity contribution in [3.63, 3.8) is 0 Å². The zero-order valence-corrected chi connectivity index (χ0v) is 16.9. The first-order valence-electron chi connectivity index (χ1n) is 8.39. The number of amides is 1. The van der Waals surface area contributed by atoms with Gasteiger partial charge in [0.15, 0.2) is 16.4 Å². The van der Waals surface area contributed by atoms with Crippen LogP contribution in [0.15, 0.2) is 17.0 Å². The standard InChI is InChI=1S/C18H26N2O5S/c1-11(2)7-8-19-18(21)17-12(3)13-9-15(24-5)16(25-6)10-14(13)20(4)26(17,22)23/h9-11H,7-8H2,1-6H3,(H,19,21). The highest BCUT2D eigenvalue weighted by atomic mass is 32.2. The van der Waals surface area contributed by atoms with E-state index in [1.165, 1.54) is 21.3 Å². The number of methoxy groups -OCH3 is 2. The number of fused-ring (bicyclic) bond motifs is 1. The maximum Gasteiger partial charge on any atom is 0.269 e. The lowest BCUT2D eigenvalue weighted by atomic mass is 10.0. The van der Waals surface area contributed by atoms with Crippen LogP contribution in [-0.4, -0.2) is 42.1 Å². The molecule has 26 heavy (non-hydrogen) atoms. The van der Waals surface area contributed by atoms with Crippen LogP contribution in [0.2, 0.25) is 0 Å². The van der Waals surface area contributed by atoms with Crippen LogP contribution in [0, 0.1) is 5.92 Å². The van der Waals surface area contributed by atoms with Gasteiger partial charge >= 0.3 is 0 Å². The number of benzene rings is 1. The molecule has 0 saturated carbocycles. The summed E-state index contributed by atoms with van der Waals surface area (Å²) >= 11 is 0. The molecule has 1 aliphatic rings. The van der Waals surface area contributed by atoms with E-state index in [4.69, 9.17) is 9.47 Å². The molecular formula is C18H26N2O5S. The molecule has 0 spiro atoms. The fourth-order valence-electron chi connectivity index (χ4n) is 2.85. The molecule has 2 rings (SSSR count). The number of ether oxygens (including phenoxy) is 2. The number of nitrogens with zero attached hydrogens (tertiary/aromatic N) is 1. The van der Waals surface area contributed by atoms with Crippen molar-refractivity contribution >= 4 is 27.2 Å². The number of anilines is 1. The summed E-state index contributed by atoms with van der Waals surface area (Å²) < 4.78 is 37.5. The third-order valence-corrected chi connectivity index (χ3v) is 6.34. The monoisotopic (exact) mass is 382 g/mol. The average molecular weight is 382 g/mol. The summed E-state index contributed by atoms with van der Waals surface area (Å²) in [4.78, 5) is 12.4. The normalized spacial score (nSPS) is 15.7. The molecule has 0 atom stereocenters. The van der Waals surface area contributed by atoms with E-state index in [1.54, 1.807) is 19.1 Å². The summed E-state index contributed by atoms with van der Waals surface area (Å²) in [6.07, 6.45) is 0.773. The van der Waals surface area contributed by atoms with Gasteiger partial charge in [0.05, 0.1) is 19.9 Å². The van der Waals surface area contributed by atoms with Crippen LogP contribution < -0.4 is 19.1 Å². The van der Waals surface area contributed by atoms with Crippen molar-refractivity contribution in [3.05, 3.63) is 22.6 Å². The Balaban J connectivity index is 2.56. The summed E-state index contributed by atoms with van der Waals surface area (Å²) in [5, 5.41) is 2.71. The molecule has 0 bridgehead atoms. The third kappa shape index (κ3) is 3.51. The first kappa shape index (κ1) is 20.1. The van der Waals surface area contributed by atoms with Gasteiger partial charge in [0.25, 0.3) is 15.9 Å². The number of hydrogen-bond acceptors (Lipinski definition) is 5. The lowest BCUT2D eigenvalue weighted by molar-refractivity contribution is -0.116. The fourth-order valence-corrected chi connectivity index (χ4v) is 4.34. The Morgan fingerprint density at radius 3 is 2.31 bits per heavy atom. The summed E-state index contributed by atoms with van der Waals surface area (Å²) in [6.45, 7) is 6.13. The third-order valence-electron chi connectivity index (χ3n) is 4.42.